The van der Waals surface area contributed by atoms with Crippen molar-refractivity contribution in [3.8, 4) is 17.1 Å². The minimum Gasteiger partial charge on any atom is -0.496 e. The number of para-hydroxylation sites is 1. The Labute approximate surface area is 143 Å². The van der Waals surface area contributed by atoms with Crippen LogP contribution in [0, 0.1) is 5.82 Å². The molecule has 0 radical (unpaired) electrons. The summed E-state index contributed by atoms with van der Waals surface area (Å²) in [5, 5.41) is 3.87. The molecule has 0 amide bonds. The SMILES string of the molecule is COc1ccccc1-c1noc(COC(=O)Cc2ccc(F)cc2)n1. The maximum absolute atomic E-state index is 12.8. The summed E-state index contributed by atoms with van der Waals surface area (Å²) in [7, 11) is 1.55. The van der Waals surface area contributed by atoms with E-state index in [0.29, 0.717) is 22.7 Å². The van der Waals surface area contributed by atoms with Crippen LogP contribution in [0.4, 0.5) is 4.39 Å². The average Bonchev–Trinajstić information content (AvgIpc) is 3.11. The number of ether oxygens (including phenoxy) is 2. The van der Waals surface area contributed by atoms with Gasteiger partial charge in [0.25, 0.3) is 5.89 Å². The summed E-state index contributed by atoms with van der Waals surface area (Å²) >= 11 is 0. The Morgan fingerprint density at radius 2 is 1.92 bits per heavy atom. The summed E-state index contributed by atoms with van der Waals surface area (Å²) in [4.78, 5) is 16.0. The Morgan fingerprint density at radius 3 is 2.68 bits per heavy atom. The number of carbonyl (C=O) groups is 1. The van der Waals surface area contributed by atoms with Crippen LogP contribution in [0.15, 0.2) is 53.1 Å². The van der Waals surface area contributed by atoms with Gasteiger partial charge in [-0.15, -0.1) is 0 Å². The van der Waals surface area contributed by atoms with Crippen molar-refractivity contribution in [1.82, 2.24) is 10.1 Å². The van der Waals surface area contributed by atoms with Crippen molar-refractivity contribution < 1.29 is 23.2 Å². The summed E-state index contributed by atoms with van der Waals surface area (Å²) in [5.41, 5.74) is 1.34. The average molecular weight is 342 g/mol. The van der Waals surface area contributed by atoms with Gasteiger partial charge in [0.15, 0.2) is 6.61 Å². The predicted molar refractivity (Wildman–Crippen MR) is 86.2 cm³/mol. The smallest absolute Gasteiger partial charge is 0.310 e. The van der Waals surface area contributed by atoms with Gasteiger partial charge in [0, 0.05) is 0 Å². The molecule has 7 heteroatoms. The second kappa shape index (κ2) is 7.57. The number of esters is 1. The van der Waals surface area contributed by atoms with E-state index in [9.17, 15) is 9.18 Å². The molecule has 2 aromatic carbocycles. The lowest BCUT2D eigenvalue weighted by molar-refractivity contribution is -0.144. The molecule has 128 valence electrons. The Kier molecular flexibility index (Phi) is 5.03. The van der Waals surface area contributed by atoms with Crippen molar-refractivity contribution in [3.63, 3.8) is 0 Å². The molecule has 0 bridgehead atoms. The molecule has 1 heterocycles. The third kappa shape index (κ3) is 4.20. The van der Waals surface area contributed by atoms with E-state index in [0.717, 1.165) is 0 Å². The standard InChI is InChI=1S/C18H15FN2O4/c1-23-15-5-3-2-4-14(15)18-20-16(25-21-18)11-24-17(22)10-12-6-8-13(19)9-7-12/h2-9H,10-11H2,1H3. The topological polar surface area (TPSA) is 74.5 Å². The lowest BCUT2D eigenvalue weighted by Crippen LogP contribution is -2.08. The predicted octanol–water partition coefficient (Wildman–Crippen LogP) is 3.17. The fourth-order valence-electron chi connectivity index (χ4n) is 2.21. The molecule has 0 fully saturated rings. The van der Waals surface area contributed by atoms with E-state index in [2.05, 4.69) is 10.1 Å². The van der Waals surface area contributed by atoms with Gasteiger partial charge in [-0.25, -0.2) is 4.39 Å². The lowest BCUT2D eigenvalue weighted by Gasteiger charge is -2.03. The van der Waals surface area contributed by atoms with E-state index in [1.54, 1.807) is 19.2 Å². The first kappa shape index (κ1) is 16.6. The van der Waals surface area contributed by atoms with Crippen molar-refractivity contribution in [2.24, 2.45) is 0 Å². The van der Waals surface area contributed by atoms with E-state index in [1.807, 2.05) is 12.1 Å². The normalized spacial score (nSPS) is 10.5. The summed E-state index contributed by atoms with van der Waals surface area (Å²) in [6.45, 7) is -0.137. The molecule has 0 aliphatic heterocycles. The number of nitrogens with zero attached hydrogens (tertiary/aromatic N) is 2. The molecule has 6 nitrogen and oxygen atoms in total. The molecule has 0 aliphatic carbocycles. The van der Waals surface area contributed by atoms with Gasteiger partial charge in [-0.1, -0.05) is 29.4 Å². The molecule has 0 atom stereocenters. The van der Waals surface area contributed by atoms with Crippen LogP contribution in [0.3, 0.4) is 0 Å². The van der Waals surface area contributed by atoms with E-state index in [1.165, 1.54) is 24.3 Å². The van der Waals surface area contributed by atoms with E-state index < -0.39 is 5.97 Å². The molecular weight excluding hydrogens is 327 g/mol. The molecule has 0 saturated heterocycles. The van der Waals surface area contributed by atoms with E-state index in [-0.39, 0.29) is 24.7 Å². The van der Waals surface area contributed by atoms with Crippen LogP contribution in [0.1, 0.15) is 11.5 Å². The Balaban J connectivity index is 1.60. The van der Waals surface area contributed by atoms with Gasteiger partial charge < -0.3 is 14.0 Å². The van der Waals surface area contributed by atoms with Crippen LogP contribution in [-0.4, -0.2) is 23.2 Å². The van der Waals surface area contributed by atoms with Crippen LogP contribution in [0.2, 0.25) is 0 Å². The molecule has 1 aromatic heterocycles. The van der Waals surface area contributed by atoms with E-state index in [4.69, 9.17) is 14.0 Å². The maximum Gasteiger partial charge on any atom is 0.310 e. The minimum atomic E-state index is -0.469. The first-order valence-corrected chi connectivity index (χ1v) is 7.52. The first-order valence-electron chi connectivity index (χ1n) is 7.52. The summed E-state index contributed by atoms with van der Waals surface area (Å²) in [5.74, 6) is 0.314. The highest BCUT2D eigenvalue weighted by molar-refractivity contribution is 5.72. The molecule has 3 aromatic rings. The molecule has 3 rings (SSSR count). The van der Waals surface area contributed by atoms with Gasteiger partial charge in [0.05, 0.1) is 19.1 Å². The number of hydrogen-bond acceptors (Lipinski definition) is 6. The molecule has 0 unspecified atom stereocenters. The number of methoxy groups -OCH3 is 1. The zero-order valence-electron chi connectivity index (χ0n) is 13.4. The molecule has 0 aliphatic rings. The second-order valence-corrected chi connectivity index (χ2v) is 5.18. The minimum absolute atomic E-state index is 0.0355. The number of halogens is 1. The van der Waals surface area contributed by atoms with Crippen molar-refractivity contribution in [3.05, 3.63) is 65.8 Å². The fraction of sp³-hybridized carbons (Fsp3) is 0.167. The van der Waals surface area contributed by atoms with Gasteiger partial charge >= 0.3 is 5.97 Å². The monoisotopic (exact) mass is 342 g/mol. The van der Waals surface area contributed by atoms with Crippen molar-refractivity contribution in [2.75, 3.05) is 7.11 Å². The molecule has 0 spiro atoms. The number of benzene rings is 2. The van der Waals surface area contributed by atoms with Crippen molar-refractivity contribution in [2.45, 2.75) is 13.0 Å². The summed E-state index contributed by atoms with van der Waals surface area (Å²) < 4.78 is 28.3. The van der Waals surface area contributed by atoms with Gasteiger partial charge in [0.2, 0.25) is 5.82 Å². The Bertz CT molecular complexity index is 862. The maximum atomic E-state index is 12.8. The molecular formula is C18H15FN2O4. The molecule has 0 N–H and O–H groups in total. The van der Waals surface area contributed by atoms with Gasteiger partial charge in [0.1, 0.15) is 11.6 Å². The molecule has 25 heavy (non-hydrogen) atoms. The zero-order valence-corrected chi connectivity index (χ0v) is 13.4. The Morgan fingerprint density at radius 1 is 1.16 bits per heavy atom. The van der Waals surface area contributed by atoms with Crippen LogP contribution < -0.4 is 4.74 Å². The number of rotatable bonds is 6. The van der Waals surface area contributed by atoms with Crippen molar-refractivity contribution in [1.29, 1.82) is 0 Å². The van der Waals surface area contributed by atoms with Crippen LogP contribution in [0.5, 0.6) is 5.75 Å². The number of hydrogen-bond donors (Lipinski definition) is 0. The van der Waals surface area contributed by atoms with Crippen LogP contribution >= 0.6 is 0 Å². The van der Waals surface area contributed by atoms with Crippen molar-refractivity contribution >= 4 is 5.97 Å². The van der Waals surface area contributed by atoms with Gasteiger partial charge in [-0.3, -0.25) is 4.79 Å². The van der Waals surface area contributed by atoms with Gasteiger partial charge in [-0.05, 0) is 29.8 Å². The van der Waals surface area contributed by atoms with Crippen LogP contribution in [0.25, 0.3) is 11.4 Å². The van der Waals surface area contributed by atoms with Crippen LogP contribution in [-0.2, 0) is 22.6 Å². The largest absolute Gasteiger partial charge is 0.496 e. The highest BCUT2D eigenvalue weighted by Crippen LogP contribution is 2.27. The second-order valence-electron chi connectivity index (χ2n) is 5.18. The quantitative estimate of drug-likeness (QED) is 0.641. The van der Waals surface area contributed by atoms with Gasteiger partial charge in [-0.2, -0.15) is 4.98 Å². The highest BCUT2D eigenvalue weighted by Gasteiger charge is 2.14. The lowest BCUT2D eigenvalue weighted by atomic mass is 10.1. The highest BCUT2D eigenvalue weighted by atomic mass is 19.1. The first-order chi connectivity index (χ1) is 12.2. The Hall–Kier alpha value is -3.22. The third-order valence-corrected chi connectivity index (χ3v) is 3.43. The number of carbonyl (C=O) groups excluding carboxylic acids is 1. The summed E-state index contributed by atoms with van der Waals surface area (Å²) in [6, 6.07) is 12.9. The molecule has 0 saturated carbocycles. The van der Waals surface area contributed by atoms with E-state index >= 15 is 0 Å². The zero-order chi connectivity index (χ0) is 17.6. The fourth-order valence-corrected chi connectivity index (χ4v) is 2.21. The summed E-state index contributed by atoms with van der Waals surface area (Å²) in [6.07, 6.45) is 0.0355. The third-order valence-electron chi connectivity index (χ3n) is 3.43. The number of aromatic nitrogens is 2.